The third-order valence-electron chi connectivity index (χ3n) is 1.71. The number of nitrogens with one attached hydrogen (secondary N) is 1. The van der Waals surface area contributed by atoms with Crippen LogP contribution in [0.2, 0.25) is 0 Å². The van der Waals surface area contributed by atoms with Crippen molar-refractivity contribution in [3.63, 3.8) is 0 Å². The summed E-state index contributed by atoms with van der Waals surface area (Å²) in [6.07, 6.45) is -4.23. The second kappa shape index (κ2) is 5.23. The molecule has 3 N–H and O–H groups in total. The summed E-state index contributed by atoms with van der Waals surface area (Å²) in [4.78, 5) is 20.4. The van der Waals surface area contributed by atoms with Gasteiger partial charge in [-0.15, -0.1) is 0 Å². The molecule has 1 rings (SSSR count). The number of ether oxygens (including phenoxy) is 1. The minimum absolute atomic E-state index is 0.149. The van der Waals surface area contributed by atoms with Gasteiger partial charge in [-0.25, -0.2) is 5.84 Å². The molecule has 0 bridgehead atoms. The van der Waals surface area contributed by atoms with Gasteiger partial charge in [0.15, 0.2) is 0 Å². The zero-order chi connectivity index (χ0) is 13.9. The lowest BCUT2D eigenvalue weighted by molar-refractivity contribution is -0.385. The van der Waals surface area contributed by atoms with Gasteiger partial charge in [-0.2, -0.15) is 8.78 Å². The maximum absolute atomic E-state index is 13.1. The number of hydrogen-bond acceptors (Lipinski definition) is 5. The molecule has 1 amide bonds. The highest BCUT2D eigenvalue weighted by Gasteiger charge is 2.42. The monoisotopic (exact) mass is 325 g/mol. The molecule has 0 aliphatic carbocycles. The number of benzene rings is 1. The number of carbonyl (C=O) groups is 1. The van der Waals surface area contributed by atoms with E-state index < -0.39 is 28.4 Å². The average Bonchev–Trinajstić information content (AvgIpc) is 2.26. The van der Waals surface area contributed by atoms with Crippen LogP contribution in [-0.2, 0) is 4.79 Å². The number of hydrogen-bond donors (Lipinski definition) is 2. The summed E-state index contributed by atoms with van der Waals surface area (Å²) in [7, 11) is 0. The third kappa shape index (κ3) is 3.34. The fourth-order valence-electron chi connectivity index (χ4n) is 0.991. The summed E-state index contributed by atoms with van der Waals surface area (Å²) in [6.45, 7) is 0. The number of nitro groups is 1. The highest BCUT2D eigenvalue weighted by molar-refractivity contribution is 9.10. The summed E-state index contributed by atoms with van der Waals surface area (Å²) < 4.78 is 30.4. The van der Waals surface area contributed by atoms with Crippen LogP contribution in [0.3, 0.4) is 0 Å². The Hall–Kier alpha value is -1.81. The van der Waals surface area contributed by atoms with Gasteiger partial charge in [0.05, 0.1) is 11.0 Å². The SMILES string of the molecule is NNC(=O)C(F)(F)Oc1cc(Br)cc([N+](=O)[O-])c1. The van der Waals surface area contributed by atoms with E-state index in [-0.39, 0.29) is 4.47 Å². The van der Waals surface area contributed by atoms with Gasteiger partial charge in [-0.05, 0) is 6.07 Å². The Morgan fingerprint density at radius 2 is 2.11 bits per heavy atom. The smallest absolute Gasteiger partial charge is 0.425 e. The van der Waals surface area contributed by atoms with E-state index in [4.69, 9.17) is 0 Å². The number of non-ortho nitro benzene ring substituents is 1. The molecular formula is C8H6BrF2N3O4. The van der Waals surface area contributed by atoms with Crippen molar-refractivity contribution >= 4 is 27.5 Å². The Labute approximate surface area is 107 Å². The molecule has 0 fully saturated rings. The van der Waals surface area contributed by atoms with E-state index in [1.807, 2.05) is 0 Å². The molecule has 7 nitrogen and oxygen atoms in total. The van der Waals surface area contributed by atoms with Crippen LogP contribution in [0.5, 0.6) is 5.75 Å². The summed E-state index contributed by atoms with van der Waals surface area (Å²) >= 11 is 2.89. The van der Waals surface area contributed by atoms with Gasteiger partial charge in [-0.1, -0.05) is 15.9 Å². The van der Waals surface area contributed by atoms with Crippen molar-refractivity contribution in [2.45, 2.75) is 6.11 Å². The molecule has 0 radical (unpaired) electrons. The fourth-order valence-corrected chi connectivity index (χ4v) is 1.45. The molecule has 0 unspecified atom stereocenters. The average molecular weight is 326 g/mol. The van der Waals surface area contributed by atoms with Gasteiger partial charge in [0.2, 0.25) is 0 Å². The van der Waals surface area contributed by atoms with Crippen molar-refractivity contribution in [2.24, 2.45) is 5.84 Å². The van der Waals surface area contributed by atoms with Crippen molar-refractivity contribution in [3.05, 3.63) is 32.8 Å². The molecule has 0 aliphatic heterocycles. The van der Waals surface area contributed by atoms with Crippen molar-refractivity contribution in [3.8, 4) is 5.75 Å². The Kier molecular flexibility index (Phi) is 4.14. The van der Waals surface area contributed by atoms with Crippen molar-refractivity contribution in [2.75, 3.05) is 0 Å². The zero-order valence-corrected chi connectivity index (χ0v) is 10.1. The molecule has 0 spiro atoms. The minimum Gasteiger partial charge on any atom is -0.425 e. The number of halogens is 3. The molecule has 0 saturated carbocycles. The van der Waals surface area contributed by atoms with Crippen LogP contribution in [0.15, 0.2) is 22.7 Å². The predicted octanol–water partition coefficient (Wildman–Crippen LogP) is 1.32. The van der Waals surface area contributed by atoms with Crippen LogP contribution < -0.4 is 16.0 Å². The van der Waals surface area contributed by atoms with Crippen LogP contribution in [0.25, 0.3) is 0 Å². The van der Waals surface area contributed by atoms with Crippen molar-refractivity contribution < 1.29 is 23.2 Å². The number of hydrazine groups is 1. The minimum atomic E-state index is -4.23. The molecular weight excluding hydrogens is 320 g/mol. The number of nitrogens with zero attached hydrogens (tertiary/aromatic N) is 1. The Bertz CT molecular complexity index is 497. The molecule has 0 aliphatic rings. The Morgan fingerprint density at radius 3 is 2.61 bits per heavy atom. The van der Waals surface area contributed by atoms with Crippen molar-refractivity contribution in [1.82, 2.24) is 5.43 Å². The lowest BCUT2D eigenvalue weighted by Crippen LogP contribution is -2.47. The summed E-state index contributed by atoms with van der Waals surface area (Å²) in [5.41, 5.74) is 0.749. The Morgan fingerprint density at radius 1 is 1.50 bits per heavy atom. The first kappa shape index (κ1) is 14.3. The van der Waals surface area contributed by atoms with Crippen LogP contribution in [0.4, 0.5) is 14.5 Å². The molecule has 18 heavy (non-hydrogen) atoms. The summed E-state index contributed by atoms with van der Waals surface area (Å²) in [5, 5.41) is 10.5. The molecule has 0 heterocycles. The Balaban J connectivity index is 3.04. The molecule has 0 atom stereocenters. The van der Waals surface area contributed by atoms with E-state index in [0.717, 1.165) is 18.2 Å². The topological polar surface area (TPSA) is 107 Å². The van der Waals surface area contributed by atoms with E-state index in [9.17, 15) is 23.7 Å². The number of nitro benzene ring substituents is 1. The van der Waals surface area contributed by atoms with E-state index in [1.54, 1.807) is 0 Å². The zero-order valence-electron chi connectivity index (χ0n) is 8.52. The van der Waals surface area contributed by atoms with Crippen LogP contribution >= 0.6 is 15.9 Å². The van der Waals surface area contributed by atoms with Crippen LogP contribution in [0.1, 0.15) is 0 Å². The number of alkyl halides is 2. The van der Waals surface area contributed by atoms with E-state index in [1.165, 1.54) is 5.43 Å². The first-order valence-corrected chi connectivity index (χ1v) is 5.08. The molecule has 1 aromatic carbocycles. The molecule has 1 aromatic rings. The highest BCUT2D eigenvalue weighted by atomic mass is 79.9. The number of amides is 1. The molecule has 0 aromatic heterocycles. The van der Waals surface area contributed by atoms with Gasteiger partial charge in [-0.3, -0.25) is 20.3 Å². The van der Waals surface area contributed by atoms with Gasteiger partial charge < -0.3 is 4.74 Å². The van der Waals surface area contributed by atoms with E-state index >= 15 is 0 Å². The largest absolute Gasteiger partial charge is 0.483 e. The molecule has 10 heteroatoms. The normalized spacial score (nSPS) is 10.9. The maximum Gasteiger partial charge on any atom is 0.483 e. The van der Waals surface area contributed by atoms with Crippen LogP contribution in [0, 0.1) is 10.1 Å². The van der Waals surface area contributed by atoms with Gasteiger partial charge in [0.25, 0.3) is 5.69 Å². The number of nitrogens with two attached hydrogens (primary N) is 1. The maximum atomic E-state index is 13.1. The van der Waals surface area contributed by atoms with E-state index in [2.05, 4.69) is 26.5 Å². The third-order valence-corrected chi connectivity index (χ3v) is 2.17. The van der Waals surface area contributed by atoms with E-state index in [0.29, 0.717) is 0 Å². The predicted molar refractivity (Wildman–Crippen MR) is 58.7 cm³/mol. The van der Waals surface area contributed by atoms with Crippen molar-refractivity contribution in [1.29, 1.82) is 0 Å². The molecule has 0 saturated heterocycles. The van der Waals surface area contributed by atoms with Gasteiger partial charge in [0, 0.05) is 10.5 Å². The number of rotatable bonds is 4. The first-order valence-electron chi connectivity index (χ1n) is 4.29. The highest BCUT2D eigenvalue weighted by Crippen LogP contribution is 2.29. The second-order valence-corrected chi connectivity index (χ2v) is 3.91. The standard InChI is InChI=1S/C8H6BrF2N3O4/c9-4-1-5(14(16)17)3-6(2-4)18-8(10,11)7(15)13-12/h1-3H,12H2,(H,13,15). The number of carbonyl (C=O) groups excluding carboxylic acids is 1. The quantitative estimate of drug-likeness (QED) is 0.375. The summed E-state index contributed by atoms with van der Waals surface area (Å²) in [5.74, 6) is 2.12. The second-order valence-electron chi connectivity index (χ2n) is 2.99. The molecule has 98 valence electrons. The first-order chi connectivity index (χ1) is 8.26. The van der Waals surface area contributed by atoms with Crippen LogP contribution in [-0.4, -0.2) is 16.9 Å². The summed E-state index contributed by atoms with van der Waals surface area (Å²) in [6, 6.07) is 2.89. The van der Waals surface area contributed by atoms with Gasteiger partial charge in [0.1, 0.15) is 5.75 Å². The fraction of sp³-hybridized carbons (Fsp3) is 0.125. The van der Waals surface area contributed by atoms with Gasteiger partial charge >= 0.3 is 12.0 Å². The lowest BCUT2D eigenvalue weighted by atomic mass is 10.3. The lowest BCUT2D eigenvalue weighted by Gasteiger charge is -2.15.